The summed E-state index contributed by atoms with van der Waals surface area (Å²) in [5.74, 6) is -1.15. The Labute approximate surface area is 179 Å². The summed E-state index contributed by atoms with van der Waals surface area (Å²) < 4.78 is 45.8. The summed E-state index contributed by atoms with van der Waals surface area (Å²) in [5.41, 5.74) is 0.254. The van der Waals surface area contributed by atoms with Gasteiger partial charge in [-0.1, -0.05) is 24.9 Å². The molecule has 0 fully saturated rings. The molecule has 0 aliphatic carbocycles. The molecule has 2 aromatic rings. The van der Waals surface area contributed by atoms with Gasteiger partial charge in [-0.15, -0.1) is 11.8 Å². The number of ether oxygens (including phenoxy) is 3. The average molecular weight is 443 g/mol. The molecular formula is C22H25ClF2O3S. The van der Waals surface area contributed by atoms with E-state index in [4.69, 9.17) is 25.8 Å². The zero-order chi connectivity index (χ0) is 20.6. The molecule has 1 aliphatic heterocycles. The first-order valence-corrected chi connectivity index (χ1v) is 11.0. The second kappa shape index (κ2) is 11.2. The van der Waals surface area contributed by atoms with Crippen molar-refractivity contribution in [2.45, 2.75) is 29.9 Å². The molecule has 0 bridgehead atoms. The fourth-order valence-corrected chi connectivity index (χ4v) is 4.53. The molecule has 7 heteroatoms. The lowest BCUT2D eigenvalue weighted by Gasteiger charge is -2.33. The highest BCUT2D eigenvalue weighted by atomic mass is 35.5. The molecule has 0 radical (unpaired) electrons. The van der Waals surface area contributed by atoms with Crippen molar-refractivity contribution in [1.82, 2.24) is 0 Å². The van der Waals surface area contributed by atoms with Gasteiger partial charge in [-0.25, -0.2) is 8.78 Å². The van der Waals surface area contributed by atoms with Crippen molar-refractivity contribution in [1.29, 1.82) is 0 Å². The van der Waals surface area contributed by atoms with Crippen molar-refractivity contribution in [3.8, 4) is 5.75 Å². The van der Waals surface area contributed by atoms with Crippen LogP contribution in [0.2, 0.25) is 5.02 Å². The fourth-order valence-electron chi connectivity index (χ4n) is 3.13. The maximum absolute atomic E-state index is 14.7. The molecule has 0 unspecified atom stereocenters. The molecular weight excluding hydrogens is 418 g/mol. The smallest absolute Gasteiger partial charge is 0.165 e. The van der Waals surface area contributed by atoms with E-state index in [-0.39, 0.29) is 29.1 Å². The molecule has 2 atom stereocenters. The highest BCUT2D eigenvalue weighted by molar-refractivity contribution is 7.99. The van der Waals surface area contributed by atoms with Crippen LogP contribution >= 0.6 is 23.4 Å². The van der Waals surface area contributed by atoms with Crippen LogP contribution in [-0.4, -0.2) is 33.0 Å². The Balaban J connectivity index is 1.71. The molecule has 1 heterocycles. The van der Waals surface area contributed by atoms with Crippen molar-refractivity contribution in [3.05, 3.63) is 58.6 Å². The van der Waals surface area contributed by atoms with Gasteiger partial charge in [-0.05, 0) is 42.8 Å². The summed E-state index contributed by atoms with van der Waals surface area (Å²) in [4.78, 5) is 0.920. The van der Waals surface area contributed by atoms with Crippen LogP contribution in [0.25, 0.3) is 0 Å². The van der Waals surface area contributed by atoms with Gasteiger partial charge in [-0.3, -0.25) is 0 Å². The van der Waals surface area contributed by atoms with Gasteiger partial charge in [0.15, 0.2) is 11.6 Å². The van der Waals surface area contributed by atoms with Gasteiger partial charge in [0.25, 0.3) is 0 Å². The monoisotopic (exact) mass is 442 g/mol. The van der Waals surface area contributed by atoms with E-state index in [1.54, 1.807) is 12.1 Å². The molecule has 0 aromatic heterocycles. The predicted molar refractivity (Wildman–Crippen MR) is 112 cm³/mol. The lowest BCUT2D eigenvalue weighted by atomic mass is 9.96. The lowest BCUT2D eigenvalue weighted by Crippen LogP contribution is -2.30. The minimum absolute atomic E-state index is 0.00406. The van der Waals surface area contributed by atoms with Gasteiger partial charge < -0.3 is 14.2 Å². The van der Waals surface area contributed by atoms with E-state index >= 15 is 0 Å². The Hall–Kier alpha value is -1.34. The maximum atomic E-state index is 14.7. The lowest BCUT2D eigenvalue weighted by molar-refractivity contribution is 0.0208. The second-order valence-electron chi connectivity index (χ2n) is 6.88. The van der Waals surface area contributed by atoms with Gasteiger partial charge in [0.05, 0.1) is 26.4 Å². The summed E-state index contributed by atoms with van der Waals surface area (Å²) in [7, 11) is 0. The molecule has 0 amide bonds. The second-order valence-corrected chi connectivity index (χ2v) is 8.53. The molecule has 0 spiro atoms. The number of hydrogen-bond acceptors (Lipinski definition) is 4. The third-order valence-corrected chi connectivity index (χ3v) is 6.34. The first kappa shape index (κ1) is 22.3. The summed E-state index contributed by atoms with van der Waals surface area (Å²) >= 11 is 7.43. The third-order valence-electron chi connectivity index (χ3n) is 4.67. The van der Waals surface area contributed by atoms with Crippen LogP contribution in [0.4, 0.5) is 8.78 Å². The molecule has 3 nitrogen and oxygen atoms in total. The normalized spacial score (nSPS) is 18.3. The van der Waals surface area contributed by atoms with Crippen molar-refractivity contribution >= 4 is 23.4 Å². The Morgan fingerprint density at radius 3 is 2.52 bits per heavy atom. The van der Waals surface area contributed by atoms with Crippen LogP contribution in [0.15, 0.2) is 41.3 Å². The number of rotatable bonds is 10. The highest BCUT2D eigenvalue weighted by Crippen LogP contribution is 2.49. The minimum Gasteiger partial charge on any atom is -0.490 e. The zero-order valence-corrected chi connectivity index (χ0v) is 17.9. The number of benzene rings is 2. The summed E-state index contributed by atoms with van der Waals surface area (Å²) in [6, 6.07) is 9.56. The number of fused-ring (bicyclic) bond motifs is 1. The van der Waals surface area contributed by atoms with E-state index in [2.05, 4.69) is 6.92 Å². The topological polar surface area (TPSA) is 27.7 Å². The van der Waals surface area contributed by atoms with Crippen molar-refractivity contribution in [2.24, 2.45) is 5.92 Å². The largest absolute Gasteiger partial charge is 0.490 e. The predicted octanol–water partition coefficient (Wildman–Crippen LogP) is 6.29. The van der Waals surface area contributed by atoms with Gasteiger partial charge >= 0.3 is 0 Å². The van der Waals surface area contributed by atoms with Crippen molar-refractivity contribution in [2.75, 3.05) is 33.0 Å². The first-order chi connectivity index (χ1) is 14.1. The number of hydrogen-bond donors (Lipinski definition) is 0. The summed E-state index contributed by atoms with van der Waals surface area (Å²) in [6.07, 6.45) is 2.11. The van der Waals surface area contributed by atoms with E-state index in [1.807, 2.05) is 12.1 Å². The molecule has 0 N–H and O–H groups in total. The van der Waals surface area contributed by atoms with Gasteiger partial charge in [-0.2, -0.15) is 0 Å². The van der Waals surface area contributed by atoms with Crippen LogP contribution in [-0.2, 0) is 9.47 Å². The molecule has 0 saturated heterocycles. The van der Waals surface area contributed by atoms with E-state index in [1.165, 1.54) is 11.8 Å². The number of unbranched alkanes of at least 4 members (excludes halogenated alkanes) is 1. The fraction of sp³-hybridized carbons (Fsp3) is 0.455. The van der Waals surface area contributed by atoms with E-state index < -0.39 is 11.6 Å². The molecule has 158 valence electrons. The van der Waals surface area contributed by atoms with Crippen molar-refractivity contribution in [3.63, 3.8) is 0 Å². The Morgan fingerprint density at radius 1 is 1.03 bits per heavy atom. The number of halogens is 3. The van der Waals surface area contributed by atoms with Crippen LogP contribution < -0.4 is 4.74 Å². The van der Waals surface area contributed by atoms with Crippen LogP contribution in [0.5, 0.6) is 5.75 Å². The van der Waals surface area contributed by atoms with Crippen LogP contribution in [0, 0.1) is 17.6 Å². The van der Waals surface area contributed by atoms with E-state index in [0.717, 1.165) is 36.5 Å². The zero-order valence-electron chi connectivity index (χ0n) is 16.3. The van der Waals surface area contributed by atoms with E-state index in [0.29, 0.717) is 24.8 Å². The summed E-state index contributed by atoms with van der Waals surface area (Å²) in [5, 5.41) is 0.290. The van der Waals surface area contributed by atoms with Gasteiger partial charge in [0.2, 0.25) is 0 Å². The quantitative estimate of drug-likeness (QED) is 0.404. The molecule has 0 saturated carbocycles. The Morgan fingerprint density at radius 2 is 1.76 bits per heavy atom. The maximum Gasteiger partial charge on any atom is 0.165 e. The van der Waals surface area contributed by atoms with E-state index in [9.17, 15) is 8.78 Å². The Bertz CT molecular complexity index is 788. The SMILES string of the molecule is CCCCOCCOC[C@@H]1COc2c(F)ccc(F)c2[C@H]1Sc1ccc(Cl)cc1. The summed E-state index contributed by atoms with van der Waals surface area (Å²) in [6.45, 7) is 4.44. The van der Waals surface area contributed by atoms with Gasteiger partial charge in [0.1, 0.15) is 5.82 Å². The standard InChI is InChI=1S/C22H25ClF2O3S/c1-2-3-10-26-11-12-27-13-15-14-28-21-19(25)9-8-18(24)20(21)22(15)29-17-6-4-16(23)5-7-17/h4-9,15,22H,2-3,10-14H2,1H3/t15-,22+/m1/s1. The average Bonchev–Trinajstić information content (AvgIpc) is 2.72. The van der Waals surface area contributed by atoms with Crippen LogP contribution in [0.1, 0.15) is 30.6 Å². The van der Waals surface area contributed by atoms with Gasteiger partial charge in [0, 0.05) is 33.3 Å². The molecule has 1 aliphatic rings. The Kier molecular flexibility index (Phi) is 8.60. The van der Waals surface area contributed by atoms with Crippen LogP contribution in [0.3, 0.4) is 0 Å². The molecule has 3 rings (SSSR count). The number of thioether (sulfide) groups is 1. The third kappa shape index (κ3) is 6.07. The molecule has 29 heavy (non-hydrogen) atoms. The minimum atomic E-state index is -0.549. The van der Waals surface area contributed by atoms with Crippen molar-refractivity contribution < 1.29 is 23.0 Å². The molecule has 2 aromatic carbocycles. The highest BCUT2D eigenvalue weighted by Gasteiger charge is 2.36. The first-order valence-electron chi connectivity index (χ1n) is 9.78.